The molecule has 0 bridgehead atoms. The number of hydrogen-bond donors (Lipinski definition) is 1. The van der Waals surface area contributed by atoms with Crippen LogP contribution in [0.2, 0.25) is 0 Å². The quantitative estimate of drug-likeness (QED) is 0.824. The minimum Gasteiger partial charge on any atom is -0.348 e. The van der Waals surface area contributed by atoms with Crippen molar-refractivity contribution in [2.24, 2.45) is 0 Å². The van der Waals surface area contributed by atoms with Crippen LogP contribution in [0.15, 0.2) is 12.3 Å². The zero-order valence-electron chi connectivity index (χ0n) is 9.67. The molecule has 1 aromatic heterocycles. The van der Waals surface area contributed by atoms with E-state index in [1.54, 1.807) is 6.20 Å². The highest BCUT2D eigenvalue weighted by Crippen LogP contribution is 2.31. The Hall–Kier alpha value is -0.830. The van der Waals surface area contributed by atoms with Gasteiger partial charge >= 0.3 is 0 Å². The third kappa shape index (κ3) is 2.64. The van der Waals surface area contributed by atoms with Gasteiger partial charge in [0.25, 0.3) is 0 Å². The van der Waals surface area contributed by atoms with Gasteiger partial charge in [0.15, 0.2) is 0 Å². The van der Waals surface area contributed by atoms with Crippen molar-refractivity contribution in [2.75, 3.05) is 11.2 Å². The van der Waals surface area contributed by atoms with Crippen molar-refractivity contribution in [2.45, 2.75) is 44.6 Å². The van der Waals surface area contributed by atoms with E-state index in [0.717, 1.165) is 18.5 Å². The highest BCUT2D eigenvalue weighted by atomic mass is 35.5. The van der Waals surface area contributed by atoms with Crippen LogP contribution in [0.25, 0.3) is 0 Å². The Balaban J connectivity index is 2.11. The average Bonchev–Trinajstić information content (AvgIpc) is 2.30. The molecule has 0 saturated heterocycles. The number of aryl methyl sites for hydroxylation is 1. The highest BCUT2D eigenvalue weighted by Gasteiger charge is 2.31. The normalized spacial score (nSPS) is 19.4. The molecule has 0 radical (unpaired) electrons. The lowest BCUT2D eigenvalue weighted by Gasteiger charge is -2.36. The molecule has 3 nitrogen and oxygen atoms in total. The molecular formula is C12H18ClN3. The lowest BCUT2D eigenvalue weighted by atomic mass is 9.83. The summed E-state index contributed by atoms with van der Waals surface area (Å²) in [6, 6.07) is 1.90. The molecular weight excluding hydrogens is 222 g/mol. The second kappa shape index (κ2) is 5.00. The second-order valence-corrected chi connectivity index (χ2v) is 4.89. The number of aromatic nitrogens is 2. The first-order valence-corrected chi connectivity index (χ1v) is 6.41. The summed E-state index contributed by atoms with van der Waals surface area (Å²) in [6.07, 6.45) is 7.82. The Morgan fingerprint density at radius 1 is 1.38 bits per heavy atom. The Morgan fingerprint density at radius 2 is 2.12 bits per heavy atom. The minimum absolute atomic E-state index is 0.00754. The monoisotopic (exact) mass is 239 g/mol. The molecule has 1 fully saturated rings. The maximum absolute atomic E-state index is 6.11. The van der Waals surface area contributed by atoms with Crippen LogP contribution in [-0.2, 0) is 0 Å². The molecule has 0 amide bonds. The van der Waals surface area contributed by atoms with Crippen LogP contribution in [0.3, 0.4) is 0 Å². The predicted octanol–water partition coefficient (Wildman–Crippen LogP) is 3.14. The number of hydrogen-bond acceptors (Lipinski definition) is 3. The van der Waals surface area contributed by atoms with E-state index < -0.39 is 0 Å². The van der Waals surface area contributed by atoms with E-state index in [1.165, 1.54) is 19.3 Å². The summed E-state index contributed by atoms with van der Waals surface area (Å²) in [5.74, 6) is 1.34. The van der Waals surface area contributed by atoms with Gasteiger partial charge in [-0.1, -0.05) is 19.3 Å². The topological polar surface area (TPSA) is 37.8 Å². The molecule has 1 heterocycles. The van der Waals surface area contributed by atoms with Crippen LogP contribution in [0.4, 0.5) is 5.95 Å². The molecule has 1 N–H and O–H groups in total. The molecule has 0 aliphatic heterocycles. The molecule has 1 saturated carbocycles. The maximum Gasteiger partial charge on any atom is 0.223 e. The zero-order valence-corrected chi connectivity index (χ0v) is 10.4. The molecule has 88 valence electrons. The van der Waals surface area contributed by atoms with Crippen molar-refractivity contribution in [1.82, 2.24) is 9.97 Å². The van der Waals surface area contributed by atoms with Crippen molar-refractivity contribution >= 4 is 17.5 Å². The van der Waals surface area contributed by atoms with Crippen LogP contribution in [0, 0.1) is 6.92 Å². The lowest BCUT2D eigenvalue weighted by Crippen LogP contribution is -2.42. The van der Waals surface area contributed by atoms with Crippen molar-refractivity contribution in [1.29, 1.82) is 0 Å². The fourth-order valence-electron chi connectivity index (χ4n) is 2.27. The van der Waals surface area contributed by atoms with Crippen LogP contribution in [-0.4, -0.2) is 21.4 Å². The van der Waals surface area contributed by atoms with Gasteiger partial charge in [0.1, 0.15) is 0 Å². The molecule has 16 heavy (non-hydrogen) atoms. The smallest absolute Gasteiger partial charge is 0.223 e. The first kappa shape index (κ1) is 11.6. The first-order valence-electron chi connectivity index (χ1n) is 5.88. The summed E-state index contributed by atoms with van der Waals surface area (Å²) >= 11 is 6.11. The molecule has 1 aliphatic rings. The number of rotatable bonds is 3. The van der Waals surface area contributed by atoms with Gasteiger partial charge in [0.05, 0.1) is 5.54 Å². The summed E-state index contributed by atoms with van der Waals surface area (Å²) < 4.78 is 0. The van der Waals surface area contributed by atoms with E-state index >= 15 is 0 Å². The van der Waals surface area contributed by atoms with Gasteiger partial charge in [0, 0.05) is 17.8 Å². The molecule has 2 rings (SSSR count). The third-order valence-corrected chi connectivity index (χ3v) is 3.75. The SMILES string of the molecule is Cc1ccnc(NC2(CCl)CCCCC2)n1. The van der Waals surface area contributed by atoms with Crippen LogP contribution >= 0.6 is 11.6 Å². The fraction of sp³-hybridized carbons (Fsp3) is 0.667. The molecule has 4 heteroatoms. The van der Waals surface area contributed by atoms with Crippen molar-refractivity contribution in [3.63, 3.8) is 0 Å². The lowest BCUT2D eigenvalue weighted by molar-refractivity contribution is 0.351. The molecule has 0 aromatic carbocycles. The Morgan fingerprint density at radius 3 is 2.75 bits per heavy atom. The third-order valence-electron chi connectivity index (χ3n) is 3.24. The number of anilines is 1. The molecule has 0 unspecified atom stereocenters. The van der Waals surface area contributed by atoms with Crippen molar-refractivity contribution < 1.29 is 0 Å². The molecule has 0 spiro atoms. The fourth-order valence-corrected chi connectivity index (χ4v) is 2.60. The van der Waals surface area contributed by atoms with Gasteiger partial charge in [-0.05, 0) is 25.8 Å². The first-order chi connectivity index (χ1) is 7.74. The van der Waals surface area contributed by atoms with E-state index in [4.69, 9.17) is 11.6 Å². The summed E-state index contributed by atoms with van der Waals surface area (Å²) in [7, 11) is 0. The second-order valence-electron chi connectivity index (χ2n) is 4.62. The van der Waals surface area contributed by atoms with Crippen LogP contribution < -0.4 is 5.32 Å². The number of nitrogens with zero attached hydrogens (tertiary/aromatic N) is 2. The maximum atomic E-state index is 6.11. The summed E-state index contributed by atoms with van der Waals surface area (Å²) in [5, 5.41) is 3.43. The largest absolute Gasteiger partial charge is 0.348 e. The van der Waals surface area contributed by atoms with E-state index in [1.807, 2.05) is 13.0 Å². The standard InChI is InChI=1S/C12H18ClN3/c1-10-5-8-14-11(15-10)16-12(9-13)6-3-2-4-7-12/h5,8H,2-4,6-7,9H2,1H3,(H,14,15,16). The van der Waals surface area contributed by atoms with E-state index in [-0.39, 0.29) is 5.54 Å². The van der Waals surface area contributed by atoms with Crippen LogP contribution in [0.5, 0.6) is 0 Å². The Kier molecular flexibility index (Phi) is 3.64. The number of halogens is 1. The molecule has 1 aromatic rings. The summed E-state index contributed by atoms with van der Waals surface area (Å²) in [6.45, 7) is 1.97. The highest BCUT2D eigenvalue weighted by molar-refractivity contribution is 6.18. The predicted molar refractivity (Wildman–Crippen MR) is 66.9 cm³/mol. The van der Waals surface area contributed by atoms with E-state index in [0.29, 0.717) is 11.8 Å². The van der Waals surface area contributed by atoms with Gasteiger partial charge in [-0.25, -0.2) is 9.97 Å². The molecule has 1 aliphatic carbocycles. The number of nitrogens with one attached hydrogen (secondary N) is 1. The zero-order chi connectivity index (χ0) is 11.4. The average molecular weight is 240 g/mol. The van der Waals surface area contributed by atoms with E-state index in [2.05, 4.69) is 15.3 Å². The van der Waals surface area contributed by atoms with Crippen molar-refractivity contribution in [3.8, 4) is 0 Å². The molecule has 0 atom stereocenters. The minimum atomic E-state index is 0.00754. The van der Waals surface area contributed by atoms with Gasteiger partial charge in [-0.3, -0.25) is 0 Å². The van der Waals surface area contributed by atoms with Crippen molar-refractivity contribution in [3.05, 3.63) is 18.0 Å². The van der Waals surface area contributed by atoms with Gasteiger partial charge in [0.2, 0.25) is 5.95 Å². The van der Waals surface area contributed by atoms with E-state index in [9.17, 15) is 0 Å². The Labute approximate surface area is 102 Å². The number of alkyl halides is 1. The summed E-state index contributed by atoms with van der Waals surface area (Å²) in [4.78, 5) is 8.63. The Bertz CT molecular complexity index is 348. The van der Waals surface area contributed by atoms with Crippen LogP contribution in [0.1, 0.15) is 37.8 Å². The van der Waals surface area contributed by atoms with Gasteiger partial charge < -0.3 is 5.32 Å². The summed E-state index contributed by atoms with van der Waals surface area (Å²) in [5.41, 5.74) is 0.992. The van der Waals surface area contributed by atoms with Gasteiger partial charge in [-0.15, -0.1) is 11.6 Å². The van der Waals surface area contributed by atoms with Gasteiger partial charge in [-0.2, -0.15) is 0 Å².